The molecule has 5 rings (SSSR count). The molecule has 9 nitrogen and oxygen atoms in total. The summed E-state index contributed by atoms with van der Waals surface area (Å²) in [4.78, 5) is 42.6. The molecule has 1 fully saturated rings. The number of non-ortho nitro benzene ring substituents is 1. The lowest BCUT2D eigenvalue weighted by Crippen LogP contribution is -2.35. The minimum absolute atomic E-state index is 0.0739. The van der Waals surface area contributed by atoms with Crippen molar-refractivity contribution in [1.82, 2.24) is 14.1 Å². The summed E-state index contributed by atoms with van der Waals surface area (Å²) in [6, 6.07) is 14.0. The van der Waals surface area contributed by atoms with Gasteiger partial charge in [-0.2, -0.15) is 4.98 Å². The van der Waals surface area contributed by atoms with E-state index in [0.717, 1.165) is 29.0 Å². The van der Waals surface area contributed by atoms with E-state index in [2.05, 4.69) is 9.88 Å². The van der Waals surface area contributed by atoms with E-state index in [1.807, 2.05) is 24.3 Å². The zero-order chi connectivity index (χ0) is 23.1. The number of anilines is 1. The number of aromatic nitrogens is 3. The lowest BCUT2D eigenvalue weighted by Gasteiger charge is -2.23. The van der Waals surface area contributed by atoms with Crippen LogP contribution in [0.3, 0.4) is 0 Å². The summed E-state index contributed by atoms with van der Waals surface area (Å²) in [6.07, 6.45) is 4.83. The van der Waals surface area contributed by atoms with E-state index in [0.29, 0.717) is 10.9 Å². The molecule has 0 N–H and O–H groups in total. The Labute approximate surface area is 189 Å². The highest BCUT2D eigenvalue weighted by atomic mass is 16.6. The fourth-order valence-electron chi connectivity index (χ4n) is 4.53. The number of rotatable bonds is 3. The van der Waals surface area contributed by atoms with Gasteiger partial charge in [0.25, 0.3) is 11.2 Å². The van der Waals surface area contributed by atoms with Gasteiger partial charge in [0.05, 0.1) is 16.0 Å². The third kappa shape index (κ3) is 3.65. The SMILES string of the molecule is Cn1c(=O)nc2n(-c3ccc(N4CCCCCC4)cc3)c3ccc([N+](=O)[O-])cc3cc-2c1=O. The number of hydrogen-bond acceptors (Lipinski definition) is 6. The highest BCUT2D eigenvalue weighted by Crippen LogP contribution is 2.31. The molecule has 0 saturated carbocycles. The maximum Gasteiger partial charge on any atom is 0.352 e. The van der Waals surface area contributed by atoms with Crippen LogP contribution in [0.25, 0.3) is 28.0 Å². The van der Waals surface area contributed by atoms with Gasteiger partial charge in [0.2, 0.25) is 0 Å². The van der Waals surface area contributed by atoms with Crippen LogP contribution in [0, 0.1) is 10.1 Å². The molecule has 0 amide bonds. The summed E-state index contributed by atoms with van der Waals surface area (Å²) in [5, 5.41) is 11.8. The molecule has 0 unspecified atom stereocenters. The Morgan fingerprint density at radius 2 is 1.58 bits per heavy atom. The Morgan fingerprint density at radius 1 is 0.909 bits per heavy atom. The fraction of sp³-hybridized carbons (Fsp3) is 0.292. The van der Waals surface area contributed by atoms with E-state index < -0.39 is 16.2 Å². The molecule has 3 heterocycles. The first-order chi connectivity index (χ1) is 15.9. The Bertz CT molecular complexity index is 1450. The molecule has 2 aromatic carbocycles. The second kappa shape index (κ2) is 8.16. The van der Waals surface area contributed by atoms with Crippen molar-refractivity contribution in [3.63, 3.8) is 0 Å². The number of nitro benzene ring substituents is 1. The van der Waals surface area contributed by atoms with Crippen LogP contribution in [0.1, 0.15) is 25.7 Å². The van der Waals surface area contributed by atoms with Crippen LogP contribution in [-0.4, -0.2) is 32.1 Å². The molecular weight excluding hydrogens is 422 g/mol. The molecule has 9 heteroatoms. The topological polar surface area (TPSA) is 103 Å². The minimum atomic E-state index is -0.649. The normalized spacial score (nSPS) is 14.5. The third-order valence-electron chi connectivity index (χ3n) is 6.32. The molecule has 0 bridgehead atoms. The van der Waals surface area contributed by atoms with Crippen molar-refractivity contribution in [2.45, 2.75) is 25.7 Å². The molecule has 2 aromatic rings. The van der Waals surface area contributed by atoms with Gasteiger partial charge in [-0.3, -0.25) is 24.0 Å². The van der Waals surface area contributed by atoms with Gasteiger partial charge in [0.15, 0.2) is 5.82 Å². The minimum Gasteiger partial charge on any atom is -0.372 e. The smallest absolute Gasteiger partial charge is 0.352 e. The molecule has 0 aliphatic carbocycles. The largest absolute Gasteiger partial charge is 0.372 e. The standard InChI is InChI=1S/C24H23N5O4/c1-26-23(30)20-15-16-14-19(29(32)33)10-11-21(16)28(22(20)25-24(26)31)18-8-6-17(7-9-18)27-12-4-2-3-5-13-27/h6-11,14-15H,2-5,12-13H2,1H3. The maximum absolute atomic E-state index is 12.9. The van der Waals surface area contributed by atoms with Crippen LogP contribution in [0.15, 0.2) is 58.1 Å². The lowest BCUT2D eigenvalue weighted by molar-refractivity contribution is -0.384. The Hall–Kier alpha value is -4.01. The average Bonchev–Trinajstić information content (AvgIpc) is 3.11. The summed E-state index contributed by atoms with van der Waals surface area (Å²) < 4.78 is 2.67. The molecule has 168 valence electrons. The number of pyridine rings is 1. The van der Waals surface area contributed by atoms with Gasteiger partial charge in [0, 0.05) is 49.0 Å². The Balaban J connectivity index is 1.73. The number of hydrogen-bond donors (Lipinski definition) is 0. The first-order valence-electron chi connectivity index (χ1n) is 11.0. The van der Waals surface area contributed by atoms with Crippen molar-refractivity contribution in [2.75, 3.05) is 18.0 Å². The van der Waals surface area contributed by atoms with Crippen LogP contribution < -0.4 is 16.1 Å². The van der Waals surface area contributed by atoms with Crippen molar-refractivity contribution in [2.24, 2.45) is 7.05 Å². The van der Waals surface area contributed by atoms with Gasteiger partial charge >= 0.3 is 5.69 Å². The summed E-state index contributed by atoms with van der Waals surface area (Å²) in [7, 11) is 1.37. The van der Waals surface area contributed by atoms with Crippen LogP contribution >= 0.6 is 0 Å². The van der Waals surface area contributed by atoms with Gasteiger partial charge in [-0.15, -0.1) is 0 Å². The molecule has 0 aromatic heterocycles. The number of benzene rings is 2. The van der Waals surface area contributed by atoms with Gasteiger partial charge in [-0.05, 0) is 49.2 Å². The zero-order valence-electron chi connectivity index (χ0n) is 18.2. The molecule has 1 saturated heterocycles. The van der Waals surface area contributed by atoms with Gasteiger partial charge in [-0.25, -0.2) is 4.79 Å². The van der Waals surface area contributed by atoms with Crippen molar-refractivity contribution in [3.05, 3.63) is 79.5 Å². The van der Waals surface area contributed by atoms with E-state index in [1.165, 1.54) is 44.9 Å². The van der Waals surface area contributed by atoms with Crippen LogP contribution in [0.5, 0.6) is 0 Å². The first-order valence-corrected chi connectivity index (χ1v) is 11.0. The van der Waals surface area contributed by atoms with Gasteiger partial charge < -0.3 is 4.90 Å². The van der Waals surface area contributed by atoms with Crippen molar-refractivity contribution in [1.29, 1.82) is 0 Å². The average molecular weight is 445 g/mol. The molecule has 0 radical (unpaired) electrons. The molecule has 33 heavy (non-hydrogen) atoms. The van der Waals surface area contributed by atoms with Gasteiger partial charge in [-0.1, -0.05) is 12.8 Å². The highest BCUT2D eigenvalue weighted by molar-refractivity contribution is 5.89. The van der Waals surface area contributed by atoms with E-state index in [-0.39, 0.29) is 17.1 Å². The van der Waals surface area contributed by atoms with Crippen LogP contribution in [0.2, 0.25) is 0 Å². The van der Waals surface area contributed by atoms with Crippen LogP contribution in [-0.2, 0) is 7.05 Å². The highest BCUT2D eigenvalue weighted by Gasteiger charge is 2.21. The van der Waals surface area contributed by atoms with E-state index >= 15 is 0 Å². The molecular formula is C24H23N5O4. The number of nitro groups is 1. The molecule has 3 aliphatic rings. The predicted molar refractivity (Wildman–Crippen MR) is 127 cm³/mol. The van der Waals surface area contributed by atoms with Gasteiger partial charge in [0.1, 0.15) is 0 Å². The lowest BCUT2D eigenvalue weighted by atomic mass is 10.1. The monoisotopic (exact) mass is 445 g/mol. The van der Waals surface area contributed by atoms with E-state index in [1.54, 1.807) is 16.7 Å². The van der Waals surface area contributed by atoms with Crippen molar-refractivity contribution < 1.29 is 4.92 Å². The summed E-state index contributed by atoms with van der Waals surface area (Å²) in [5.41, 5.74) is 1.47. The summed E-state index contributed by atoms with van der Waals surface area (Å²) >= 11 is 0. The summed E-state index contributed by atoms with van der Waals surface area (Å²) in [5.74, 6) is 0.229. The fourth-order valence-corrected chi connectivity index (χ4v) is 4.53. The quantitative estimate of drug-likeness (QED) is 0.272. The molecule has 0 atom stereocenters. The van der Waals surface area contributed by atoms with E-state index in [9.17, 15) is 19.7 Å². The van der Waals surface area contributed by atoms with Crippen molar-refractivity contribution in [3.8, 4) is 17.1 Å². The van der Waals surface area contributed by atoms with E-state index in [4.69, 9.17) is 0 Å². The molecule has 0 spiro atoms. The second-order valence-electron chi connectivity index (χ2n) is 8.39. The zero-order valence-corrected chi connectivity index (χ0v) is 18.2. The first kappa shape index (κ1) is 20.9. The second-order valence-corrected chi connectivity index (χ2v) is 8.39. The maximum atomic E-state index is 12.9. The Kier molecular flexibility index (Phi) is 5.16. The van der Waals surface area contributed by atoms with Crippen LogP contribution in [0.4, 0.5) is 11.4 Å². The molecule has 3 aliphatic heterocycles. The van der Waals surface area contributed by atoms with Crippen molar-refractivity contribution >= 4 is 22.3 Å². The number of nitrogens with zero attached hydrogens (tertiary/aromatic N) is 5. The summed E-state index contributed by atoms with van der Waals surface area (Å²) in [6.45, 7) is 2.04. The Morgan fingerprint density at radius 3 is 2.24 bits per heavy atom. The third-order valence-corrected chi connectivity index (χ3v) is 6.32. The predicted octanol–water partition coefficient (Wildman–Crippen LogP) is 3.48. The number of fused-ring (bicyclic) bond motifs is 2.